The first-order valence-electron chi connectivity index (χ1n) is 6.24. The van der Waals surface area contributed by atoms with E-state index in [2.05, 4.69) is 16.1 Å². The minimum Gasteiger partial charge on any atom is -0.352 e. The molecule has 0 radical (unpaired) electrons. The van der Waals surface area contributed by atoms with Crippen molar-refractivity contribution < 1.29 is 0 Å². The molecule has 0 bridgehead atoms. The van der Waals surface area contributed by atoms with E-state index in [0.717, 1.165) is 31.6 Å². The second-order valence-corrected chi connectivity index (χ2v) is 4.55. The Labute approximate surface area is 106 Å². The number of aryl methyl sites for hydroxylation is 1. The van der Waals surface area contributed by atoms with Crippen LogP contribution in [-0.4, -0.2) is 27.1 Å². The Hall–Kier alpha value is -2.10. The molecule has 1 aromatic heterocycles. The lowest BCUT2D eigenvalue weighted by Gasteiger charge is -2.17. The van der Waals surface area contributed by atoms with E-state index in [1.54, 1.807) is 6.20 Å². The van der Waals surface area contributed by atoms with Gasteiger partial charge < -0.3 is 4.90 Å². The topological polar surface area (TPSA) is 44.9 Å². The average molecular weight is 240 g/mol. The van der Waals surface area contributed by atoms with Crippen LogP contribution in [0.2, 0.25) is 0 Å². The average Bonchev–Trinajstić information content (AvgIpc) is 3.00. The van der Waals surface area contributed by atoms with Gasteiger partial charge in [0.15, 0.2) is 0 Å². The van der Waals surface area contributed by atoms with Gasteiger partial charge in [-0.2, -0.15) is 5.10 Å². The fourth-order valence-electron chi connectivity index (χ4n) is 2.39. The standard InChI is InChI=1S/C14H16N4/c15-14-13-6-2-1-5-12(13)11-17(14)8-4-10-18-9-3-7-16-18/h1-3,5-7,9,15H,4,8,10-11H2. The summed E-state index contributed by atoms with van der Waals surface area (Å²) in [5.74, 6) is 0.658. The van der Waals surface area contributed by atoms with Gasteiger partial charge in [-0.25, -0.2) is 0 Å². The number of hydrogen-bond acceptors (Lipinski definition) is 2. The highest BCUT2D eigenvalue weighted by molar-refractivity contribution is 6.00. The Morgan fingerprint density at radius 3 is 2.83 bits per heavy atom. The Balaban J connectivity index is 1.58. The first-order valence-corrected chi connectivity index (χ1v) is 6.24. The molecule has 4 nitrogen and oxygen atoms in total. The Kier molecular flexibility index (Phi) is 2.84. The zero-order chi connectivity index (χ0) is 12.4. The van der Waals surface area contributed by atoms with E-state index in [9.17, 15) is 0 Å². The number of amidine groups is 1. The highest BCUT2D eigenvalue weighted by atomic mass is 15.3. The summed E-state index contributed by atoms with van der Waals surface area (Å²) in [4.78, 5) is 2.13. The molecule has 4 heteroatoms. The van der Waals surface area contributed by atoms with Crippen LogP contribution >= 0.6 is 0 Å². The maximum Gasteiger partial charge on any atom is 0.128 e. The molecule has 0 saturated carbocycles. The zero-order valence-corrected chi connectivity index (χ0v) is 10.2. The summed E-state index contributed by atoms with van der Waals surface area (Å²) >= 11 is 0. The smallest absolute Gasteiger partial charge is 0.128 e. The molecule has 1 aliphatic rings. The van der Waals surface area contributed by atoms with Crippen LogP contribution in [0.25, 0.3) is 0 Å². The van der Waals surface area contributed by atoms with Crippen LogP contribution in [0.5, 0.6) is 0 Å². The molecule has 0 amide bonds. The van der Waals surface area contributed by atoms with E-state index < -0.39 is 0 Å². The van der Waals surface area contributed by atoms with Gasteiger partial charge in [-0.15, -0.1) is 0 Å². The molecule has 1 aromatic carbocycles. The molecule has 0 spiro atoms. The van der Waals surface area contributed by atoms with Gasteiger partial charge in [0.1, 0.15) is 5.84 Å². The normalized spacial score (nSPS) is 14.0. The van der Waals surface area contributed by atoms with E-state index in [4.69, 9.17) is 5.41 Å². The number of aromatic nitrogens is 2. The van der Waals surface area contributed by atoms with Crippen LogP contribution in [0.4, 0.5) is 0 Å². The van der Waals surface area contributed by atoms with Gasteiger partial charge in [0, 0.05) is 37.6 Å². The lowest BCUT2D eigenvalue weighted by molar-refractivity contribution is 0.397. The molecule has 18 heavy (non-hydrogen) atoms. The summed E-state index contributed by atoms with van der Waals surface area (Å²) in [5, 5.41) is 12.3. The number of nitrogens with one attached hydrogen (secondary N) is 1. The molecule has 0 aliphatic carbocycles. The highest BCUT2D eigenvalue weighted by Gasteiger charge is 2.22. The van der Waals surface area contributed by atoms with Crippen LogP contribution in [0, 0.1) is 5.41 Å². The molecular formula is C14H16N4. The number of nitrogens with zero attached hydrogens (tertiary/aromatic N) is 3. The Morgan fingerprint density at radius 1 is 1.17 bits per heavy atom. The molecule has 0 atom stereocenters. The van der Waals surface area contributed by atoms with Crippen molar-refractivity contribution in [1.29, 1.82) is 5.41 Å². The Morgan fingerprint density at radius 2 is 2.06 bits per heavy atom. The summed E-state index contributed by atoms with van der Waals surface area (Å²) in [5.41, 5.74) is 2.35. The number of fused-ring (bicyclic) bond motifs is 1. The van der Waals surface area contributed by atoms with E-state index >= 15 is 0 Å². The lowest BCUT2D eigenvalue weighted by atomic mass is 10.1. The summed E-state index contributed by atoms with van der Waals surface area (Å²) in [6.45, 7) is 2.69. The summed E-state index contributed by atoms with van der Waals surface area (Å²) in [7, 11) is 0. The quantitative estimate of drug-likeness (QED) is 0.889. The van der Waals surface area contributed by atoms with Gasteiger partial charge >= 0.3 is 0 Å². The number of benzene rings is 1. The van der Waals surface area contributed by atoms with Crippen molar-refractivity contribution in [2.24, 2.45) is 0 Å². The van der Waals surface area contributed by atoms with E-state index in [0.29, 0.717) is 5.84 Å². The van der Waals surface area contributed by atoms with Gasteiger partial charge in [0.2, 0.25) is 0 Å². The molecule has 92 valence electrons. The summed E-state index contributed by atoms with van der Waals surface area (Å²) < 4.78 is 1.94. The molecule has 2 heterocycles. The van der Waals surface area contributed by atoms with Gasteiger partial charge in [0.05, 0.1) is 0 Å². The molecule has 2 aromatic rings. The summed E-state index contributed by atoms with van der Waals surface area (Å²) in [6.07, 6.45) is 4.79. The third-order valence-electron chi connectivity index (χ3n) is 3.32. The van der Waals surface area contributed by atoms with Crippen molar-refractivity contribution in [2.45, 2.75) is 19.5 Å². The minimum absolute atomic E-state index is 0.658. The Bertz CT molecular complexity index is 545. The third-order valence-corrected chi connectivity index (χ3v) is 3.32. The predicted octanol–water partition coefficient (Wildman–Crippen LogP) is 2.11. The second-order valence-electron chi connectivity index (χ2n) is 4.55. The molecule has 0 unspecified atom stereocenters. The predicted molar refractivity (Wildman–Crippen MR) is 70.5 cm³/mol. The number of rotatable bonds is 4. The monoisotopic (exact) mass is 240 g/mol. The third kappa shape index (κ3) is 2.01. The van der Waals surface area contributed by atoms with Gasteiger partial charge in [-0.1, -0.05) is 24.3 Å². The molecule has 1 N–H and O–H groups in total. The van der Waals surface area contributed by atoms with Crippen LogP contribution in [-0.2, 0) is 13.1 Å². The van der Waals surface area contributed by atoms with Gasteiger partial charge in [0.25, 0.3) is 0 Å². The van der Waals surface area contributed by atoms with Crippen LogP contribution in [0.1, 0.15) is 17.5 Å². The lowest BCUT2D eigenvalue weighted by Crippen LogP contribution is -2.25. The van der Waals surface area contributed by atoms with Gasteiger partial charge in [-0.3, -0.25) is 10.1 Å². The fraction of sp³-hybridized carbons (Fsp3) is 0.286. The number of hydrogen-bond donors (Lipinski definition) is 1. The van der Waals surface area contributed by atoms with Gasteiger partial charge in [-0.05, 0) is 18.1 Å². The molecule has 1 aliphatic heterocycles. The van der Waals surface area contributed by atoms with Crippen LogP contribution in [0.15, 0.2) is 42.7 Å². The van der Waals surface area contributed by atoms with Crippen molar-refractivity contribution in [3.63, 3.8) is 0 Å². The van der Waals surface area contributed by atoms with E-state index in [-0.39, 0.29) is 0 Å². The molecule has 3 rings (SSSR count). The van der Waals surface area contributed by atoms with Crippen molar-refractivity contribution in [1.82, 2.24) is 14.7 Å². The highest BCUT2D eigenvalue weighted by Crippen LogP contribution is 2.22. The van der Waals surface area contributed by atoms with Crippen molar-refractivity contribution in [3.05, 3.63) is 53.9 Å². The largest absolute Gasteiger partial charge is 0.352 e. The van der Waals surface area contributed by atoms with E-state index in [1.165, 1.54) is 5.56 Å². The van der Waals surface area contributed by atoms with Crippen molar-refractivity contribution in [2.75, 3.05) is 6.54 Å². The second kappa shape index (κ2) is 4.64. The first-order chi connectivity index (χ1) is 8.84. The fourth-order valence-corrected chi connectivity index (χ4v) is 2.39. The molecular weight excluding hydrogens is 224 g/mol. The van der Waals surface area contributed by atoms with Crippen LogP contribution < -0.4 is 0 Å². The van der Waals surface area contributed by atoms with Crippen LogP contribution in [0.3, 0.4) is 0 Å². The zero-order valence-electron chi connectivity index (χ0n) is 10.2. The summed E-state index contributed by atoms with van der Waals surface area (Å²) in [6, 6.07) is 10.1. The maximum absolute atomic E-state index is 8.14. The van der Waals surface area contributed by atoms with Crippen molar-refractivity contribution >= 4 is 5.84 Å². The minimum atomic E-state index is 0.658. The maximum atomic E-state index is 8.14. The molecule has 0 saturated heterocycles. The molecule has 0 fully saturated rings. The van der Waals surface area contributed by atoms with Crippen molar-refractivity contribution in [3.8, 4) is 0 Å². The van der Waals surface area contributed by atoms with E-state index in [1.807, 2.05) is 35.1 Å². The SMILES string of the molecule is N=C1c2ccccc2CN1CCCn1cccn1. The first kappa shape index (κ1) is 11.0.